The zero-order chi connectivity index (χ0) is 18.2. The molecule has 0 aliphatic carbocycles. The molecular weight excluding hydrogens is 513 g/mol. The van der Waals surface area contributed by atoms with Gasteiger partial charge in [-0.3, -0.25) is 9.37 Å². The number of carbonyl (C=O) groups is 1. The molecule has 0 amide bonds. The Bertz CT molecular complexity index is 828. The van der Waals surface area contributed by atoms with E-state index >= 15 is 0 Å². The van der Waals surface area contributed by atoms with Crippen LogP contribution in [0.2, 0.25) is 0 Å². The fraction of sp³-hybridized carbons (Fsp3) is 0.158. The van der Waals surface area contributed by atoms with E-state index in [1.54, 1.807) is 30.6 Å². The second kappa shape index (κ2) is 10.5. The van der Waals surface area contributed by atoms with Crippen molar-refractivity contribution in [2.24, 2.45) is 0 Å². The van der Waals surface area contributed by atoms with E-state index in [-0.39, 0.29) is 37.5 Å². The van der Waals surface area contributed by atoms with Gasteiger partial charge in [0, 0.05) is 55.9 Å². The molecule has 0 unspecified atom stereocenters. The molecule has 0 spiro atoms. The molecule has 7 heteroatoms. The quantitative estimate of drug-likeness (QED) is 0.519. The van der Waals surface area contributed by atoms with Crippen LogP contribution >= 0.6 is 0 Å². The average molecular weight is 531 g/mol. The van der Waals surface area contributed by atoms with Crippen LogP contribution in [0, 0.1) is 11.9 Å². The molecule has 1 aromatic carbocycles. The maximum absolute atomic E-state index is 12.8. The molecule has 0 aliphatic rings. The fourth-order valence-electron chi connectivity index (χ4n) is 2.02. The third-order valence-electron chi connectivity index (χ3n) is 3.19. The summed E-state index contributed by atoms with van der Waals surface area (Å²) in [4.78, 5) is 22.3. The summed E-state index contributed by atoms with van der Waals surface area (Å²) in [5.41, 5.74) is 2.54. The first-order chi connectivity index (χ1) is 12.0. The zero-order valence-electron chi connectivity index (χ0n) is 14.2. The first-order valence-corrected chi connectivity index (χ1v) is 7.62. The van der Waals surface area contributed by atoms with E-state index in [0.717, 1.165) is 17.0 Å². The Labute approximate surface area is 164 Å². The van der Waals surface area contributed by atoms with Crippen molar-refractivity contribution in [3.05, 3.63) is 78.3 Å². The molecule has 137 valence electrons. The van der Waals surface area contributed by atoms with Crippen LogP contribution in [0.5, 0.6) is 0 Å². The van der Waals surface area contributed by atoms with Crippen LogP contribution in [-0.2, 0) is 20.1 Å². The molecule has 26 heavy (non-hydrogen) atoms. The van der Waals surface area contributed by atoms with E-state index in [2.05, 4.69) is 34.9 Å². The van der Waals surface area contributed by atoms with Gasteiger partial charge in [-0.2, -0.15) is 0 Å². The third kappa shape index (κ3) is 6.10. The Hall–Kier alpha value is -2.50. The molecule has 3 rings (SSSR count). The number of halogens is 1. The number of benzene rings is 1. The fourth-order valence-corrected chi connectivity index (χ4v) is 2.02. The van der Waals surface area contributed by atoms with Crippen LogP contribution in [0.15, 0.2) is 55.0 Å². The van der Waals surface area contributed by atoms with E-state index in [1.807, 2.05) is 0 Å². The van der Waals surface area contributed by atoms with Crippen LogP contribution in [0.1, 0.15) is 35.9 Å². The van der Waals surface area contributed by atoms with Gasteiger partial charge in [-0.15, -0.1) is 29.8 Å². The molecule has 3 aromatic rings. The van der Waals surface area contributed by atoms with Gasteiger partial charge in [0.2, 0.25) is 0 Å². The monoisotopic (exact) mass is 531 g/mol. The predicted molar refractivity (Wildman–Crippen MR) is 91.5 cm³/mol. The summed E-state index contributed by atoms with van der Waals surface area (Å²) >= 11 is 0. The maximum Gasteiger partial charge on any atom is 0.354 e. The zero-order valence-corrected chi connectivity index (χ0v) is 16.6. The van der Waals surface area contributed by atoms with Crippen molar-refractivity contribution in [1.29, 1.82) is 0 Å². The summed E-state index contributed by atoms with van der Waals surface area (Å²) in [7, 11) is 0. The standard InChI is InChI=1S/C13H12FN2.C6H5NO2.Ir/c1-9(2)12-13(16-8-7-15-12)10-3-5-11(14)6-4-10;8-6(9)5-3-1-2-4-7-5;/h3,5-9H,1-2H3;1-4H,(H,8,9);/q-1;;. The topological polar surface area (TPSA) is 76.0 Å². The Morgan fingerprint density at radius 3 is 2.31 bits per heavy atom. The van der Waals surface area contributed by atoms with Crippen molar-refractivity contribution in [3.63, 3.8) is 0 Å². The Morgan fingerprint density at radius 2 is 1.81 bits per heavy atom. The van der Waals surface area contributed by atoms with Gasteiger partial charge in [-0.25, -0.2) is 9.78 Å². The van der Waals surface area contributed by atoms with Crippen molar-refractivity contribution in [1.82, 2.24) is 15.0 Å². The van der Waals surface area contributed by atoms with Crippen LogP contribution in [0.3, 0.4) is 0 Å². The minimum atomic E-state index is -0.990. The van der Waals surface area contributed by atoms with Gasteiger partial charge >= 0.3 is 5.97 Å². The first kappa shape index (κ1) is 21.5. The van der Waals surface area contributed by atoms with Crippen LogP contribution < -0.4 is 0 Å². The molecule has 0 atom stereocenters. The average Bonchev–Trinajstić information content (AvgIpc) is 2.63. The van der Waals surface area contributed by atoms with Crippen LogP contribution in [0.4, 0.5) is 4.39 Å². The number of aromatic nitrogens is 3. The Balaban J connectivity index is 0.000000290. The second-order valence-electron chi connectivity index (χ2n) is 5.39. The van der Waals surface area contributed by atoms with E-state index in [9.17, 15) is 9.18 Å². The molecule has 1 N–H and O–H groups in total. The summed E-state index contributed by atoms with van der Waals surface area (Å²) in [6.07, 6.45) is 4.75. The number of rotatable bonds is 3. The van der Waals surface area contributed by atoms with Crippen molar-refractivity contribution in [3.8, 4) is 11.3 Å². The van der Waals surface area contributed by atoms with E-state index < -0.39 is 5.97 Å². The van der Waals surface area contributed by atoms with Gasteiger partial charge in [0.05, 0.1) is 0 Å². The van der Waals surface area contributed by atoms with Crippen molar-refractivity contribution >= 4 is 5.97 Å². The first-order valence-electron chi connectivity index (χ1n) is 7.62. The van der Waals surface area contributed by atoms with Gasteiger partial charge in [0.15, 0.2) is 0 Å². The summed E-state index contributed by atoms with van der Waals surface area (Å²) in [5, 5.41) is 8.32. The normalized spacial score (nSPS) is 9.69. The molecule has 2 aromatic heterocycles. The van der Waals surface area contributed by atoms with E-state index in [0.29, 0.717) is 0 Å². The van der Waals surface area contributed by atoms with Crippen LogP contribution in [0.25, 0.3) is 11.3 Å². The van der Waals surface area contributed by atoms with Crippen molar-refractivity contribution in [2.45, 2.75) is 19.8 Å². The van der Waals surface area contributed by atoms with Crippen molar-refractivity contribution in [2.75, 3.05) is 0 Å². The third-order valence-corrected chi connectivity index (χ3v) is 3.19. The van der Waals surface area contributed by atoms with E-state index in [4.69, 9.17) is 5.11 Å². The summed E-state index contributed by atoms with van der Waals surface area (Å²) < 4.78 is 12.8. The molecule has 0 saturated carbocycles. The molecule has 0 aliphatic heterocycles. The maximum atomic E-state index is 12.8. The number of nitrogens with zero attached hydrogens (tertiary/aromatic N) is 3. The second-order valence-corrected chi connectivity index (χ2v) is 5.39. The molecule has 0 fully saturated rings. The predicted octanol–water partition coefficient (Wildman–Crippen LogP) is 3.98. The molecule has 5 nitrogen and oxygen atoms in total. The number of pyridine rings is 1. The van der Waals surface area contributed by atoms with Gasteiger partial charge < -0.3 is 10.1 Å². The number of aromatic carboxylic acids is 1. The smallest absolute Gasteiger partial charge is 0.354 e. The van der Waals surface area contributed by atoms with Crippen LogP contribution in [-0.4, -0.2) is 26.0 Å². The van der Waals surface area contributed by atoms with Gasteiger partial charge in [-0.1, -0.05) is 19.9 Å². The van der Waals surface area contributed by atoms with Gasteiger partial charge in [0.1, 0.15) is 5.69 Å². The molecule has 0 saturated heterocycles. The largest absolute Gasteiger partial charge is 0.477 e. The van der Waals surface area contributed by atoms with Gasteiger partial charge in [-0.05, 0) is 18.1 Å². The van der Waals surface area contributed by atoms with E-state index in [1.165, 1.54) is 24.4 Å². The Kier molecular flexibility index (Phi) is 8.68. The number of carboxylic acid groups (broad SMARTS) is 1. The SMILES string of the molecule is CC(C)c1nccnc1-c1[c-]cc(F)cc1.O=C(O)c1ccccn1.[Ir]. The molecule has 0 bridgehead atoms. The summed E-state index contributed by atoms with van der Waals surface area (Å²) in [6, 6.07) is 12.0. The minimum Gasteiger partial charge on any atom is -0.477 e. The molecular formula is C19H17FIrN3O2-. The van der Waals surface area contributed by atoms with Gasteiger partial charge in [0.25, 0.3) is 0 Å². The molecule has 2 heterocycles. The Morgan fingerprint density at radius 1 is 1.08 bits per heavy atom. The number of hydrogen-bond donors (Lipinski definition) is 1. The minimum absolute atomic E-state index is 0. The molecule has 1 radical (unpaired) electrons. The summed E-state index contributed by atoms with van der Waals surface area (Å²) in [5.74, 6) is -1.00. The number of carboxylic acids is 1. The summed E-state index contributed by atoms with van der Waals surface area (Å²) in [6.45, 7) is 4.11. The van der Waals surface area contributed by atoms with Crippen molar-refractivity contribution < 1.29 is 34.4 Å². The number of hydrogen-bond acceptors (Lipinski definition) is 4.